The normalized spacial score (nSPS) is 11.0. The van der Waals surface area contributed by atoms with Crippen molar-refractivity contribution in [3.05, 3.63) is 71.4 Å². The van der Waals surface area contributed by atoms with Gasteiger partial charge in [-0.15, -0.1) is 0 Å². The maximum Gasteiger partial charge on any atom is 0.0457 e. The van der Waals surface area contributed by atoms with E-state index in [2.05, 4.69) is 72.0 Å². The van der Waals surface area contributed by atoms with Crippen molar-refractivity contribution in [2.75, 3.05) is 0 Å². The van der Waals surface area contributed by atoms with E-state index in [0.29, 0.717) is 0 Å². The van der Waals surface area contributed by atoms with E-state index < -0.39 is 0 Å². The van der Waals surface area contributed by atoms with Crippen LogP contribution in [-0.4, -0.2) is 4.98 Å². The van der Waals surface area contributed by atoms with Crippen LogP contribution in [0.25, 0.3) is 10.9 Å². The Kier molecular flexibility index (Phi) is 3.34. The Labute approximate surface area is 113 Å². The number of aryl methyl sites for hydroxylation is 1. The fourth-order valence-electron chi connectivity index (χ4n) is 2.42. The number of para-hydroxylation sites is 1. The van der Waals surface area contributed by atoms with Crippen LogP contribution < -0.4 is 5.32 Å². The second kappa shape index (κ2) is 5.29. The summed E-state index contributed by atoms with van der Waals surface area (Å²) in [6, 6.07) is 16.9. The van der Waals surface area contributed by atoms with E-state index in [1.807, 2.05) is 0 Å². The van der Waals surface area contributed by atoms with Crippen molar-refractivity contribution in [1.29, 1.82) is 0 Å². The first-order chi connectivity index (χ1) is 9.34. The van der Waals surface area contributed by atoms with E-state index in [1.165, 1.54) is 27.6 Å². The van der Waals surface area contributed by atoms with E-state index in [-0.39, 0.29) is 0 Å². The van der Waals surface area contributed by atoms with Crippen LogP contribution in [0.4, 0.5) is 0 Å². The lowest BCUT2D eigenvalue weighted by atomic mass is 10.1. The molecular weight excluding hydrogens is 232 g/mol. The molecular formula is C17H18N2. The van der Waals surface area contributed by atoms with Crippen LogP contribution in [0.2, 0.25) is 0 Å². The Morgan fingerprint density at radius 1 is 0.895 bits per heavy atom. The van der Waals surface area contributed by atoms with E-state index >= 15 is 0 Å². The van der Waals surface area contributed by atoms with Crippen molar-refractivity contribution >= 4 is 10.9 Å². The third-order valence-corrected chi connectivity index (χ3v) is 3.57. The SMILES string of the molecule is Cc1ccccc1CNCc1c[nH]c2ccccc12. The predicted octanol–water partition coefficient (Wildman–Crippen LogP) is 3.77. The van der Waals surface area contributed by atoms with Crippen molar-refractivity contribution in [1.82, 2.24) is 10.3 Å². The fourth-order valence-corrected chi connectivity index (χ4v) is 2.42. The first-order valence-corrected chi connectivity index (χ1v) is 6.65. The van der Waals surface area contributed by atoms with Crippen molar-refractivity contribution < 1.29 is 0 Å². The van der Waals surface area contributed by atoms with Gasteiger partial charge in [0.2, 0.25) is 0 Å². The predicted molar refractivity (Wildman–Crippen MR) is 80.0 cm³/mol. The van der Waals surface area contributed by atoms with Crippen LogP contribution >= 0.6 is 0 Å². The largest absolute Gasteiger partial charge is 0.361 e. The van der Waals surface area contributed by atoms with Crippen LogP contribution in [-0.2, 0) is 13.1 Å². The third kappa shape index (κ3) is 2.54. The number of nitrogens with one attached hydrogen (secondary N) is 2. The lowest BCUT2D eigenvalue weighted by Crippen LogP contribution is -2.13. The van der Waals surface area contributed by atoms with Crippen LogP contribution in [0.1, 0.15) is 16.7 Å². The highest BCUT2D eigenvalue weighted by Gasteiger charge is 2.02. The van der Waals surface area contributed by atoms with Crippen LogP contribution in [0.3, 0.4) is 0 Å². The smallest absolute Gasteiger partial charge is 0.0457 e. The van der Waals surface area contributed by atoms with Gasteiger partial charge in [-0.25, -0.2) is 0 Å². The Hall–Kier alpha value is -2.06. The minimum atomic E-state index is 0.887. The van der Waals surface area contributed by atoms with Gasteiger partial charge in [0.25, 0.3) is 0 Å². The summed E-state index contributed by atoms with van der Waals surface area (Å²) in [5.41, 5.74) is 5.23. The first-order valence-electron chi connectivity index (χ1n) is 6.65. The number of hydrogen-bond donors (Lipinski definition) is 2. The number of aromatic nitrogens is 1. The number of fused-ring (bicyclic) bond motifs is 1. The van der Waals surface area contributed by atoms with Gasteiger partial charge >= 0.3 is 0 Å². The quantitative estimate of drug-likeness (QED) is 0.725. The molecule has 0 atom stereocenters. The Balaban J connectivity index is 1.68. The van der Waals surface area contributed by atoms with Crippen molar-refractivity contribution in [2.24, 2.45) is 0 Å². The minimum Gasteiger partial charge on any atom is -0.361 e. The molecule has 0 radical (unpaired) electrons. The number of benzene rings is 2. The van der Waals surface area contributed by atoms with E-state index in [1.54, 1.807) is 0 Å². The van der Waals surface area contributed by atoms with E-state index in [0.717, 1.165) is 13.1 Å². The number of H-pyrrole nitrogens is 1. The number of rotatable bonds is 4. The van der Waals surface area contributed by atoms with Gasteiger partial charge in [-0.1, -0.05) is 42.5 Å². The molecule has 0 bridgehead atoms. The van der Waals surface area contributed by atoms with E-state index in [9.17, 15) is 0 Å². The number of aromatic amines is 1. The highest BCUT2D eigenvalue weighted by atomic mass is 14.9. The van der Waals surface area contributed by atoms with Gasteiger partial charge < -0.3 is 10.3 Å². The summed E-state index contributed by atoms with van der Waals surface area (Å²) >= 11 is 0. The molecule has 0 aliphatic rings. The second-order valence-corrected chi connectivity index (χ2v) is 4.89. The van der Waals surface area contributed by atoms with Crippen LogP contribution in [0.5, 0.6) is 0 Å². The lowest BCUT2D eigenvalue weighted by Gasteiger charge is -2.07. The van der Waals surface area contributed by atoms with Gasteiger partial charge in [0, 0.05) is 30.2 Å². The van der Waals surface area contributed by atoms with Gasteiger partial charge in [0.05, 0.1) is 0 Å². The molecule has 0 aliphatic heterocycles. The number of hydrogen-bond acceptors (Lipinski definition) is 1. The summed E-state index contributed by atoms with van der Waals surface area (Å²) in [6.07, 6.45) is 2.09. The topological polar surface area (TPSA) is 27.8 Å². The summed E-state index contributed by atoms with van der Waals surface area (Å²) in [7, 11) is 0. The molecule has 2 N–H and O–H groups in total. The summed E-state index contributed by atoms with van der Waals surface area (Å²) in [4.78, 5) is 3.31. The highest BCUT2D eigenvalue weighted by Crippen LogP contribution is 2.17. The van der Waals surface area contributed by atoms with Gasteiger partial charge in [-0.05, 0) is 29.7 Å². The average molecular weight is 250 g/mol. The van der Waals surface area contributed by atoms with Crippen molar-refractivity contribution in [3.8, 4) is 0 Å². The molecule has 96 valence electrons. The maximum atomic E-state index is 3.52. The Bertz CT molecular complexity index is 682. The van der Waals surface area contributed by atoms with Gasteiger partial charge in [-0.2, -0.15) is 0 Å². The first kappa shape index (κ1) is 12.0. The lowest BCUT2D eigenvalue weighted by molar-refractivity contribution is 0.693. The van der Waals surface area contributed by atoms with Gasteiger partial charge in [0.1, 0.15) is 0 Å². The summed E-state index contributed by atoms with van der Waals surface area (Å²) in [5.74, 6) is 0. The molecule has 0 amide bonds. The molecule has 0 aliphatic carbocycles. The molecule has 2 heteroatoms. The van der Waals surface area contributed by atoms with Crippen LogP contribution in [0, 0.1) is 6.92 Å². The zero-order chi connectivity index (χ0) is 13.1. The molecule has 0 unspecified atom stereocenters. The minimum absolute atomic E-state index is 0.887. The third-order valence-electron chi connectivity index (χ3n) is 3.57. The summed E-state index contributed by atoms with van der Waals surface area (Å²) in [5, 5.41) is 4.82. The zero-order valence-electron chi connectivity index (χ0n) is 11.1. The van der Waals surface area contributed by atoms with Gasteiger partial charge in [-0.3, -0.25) is 0 Å². The molecule has 3 rings (SSSR count). The molecule has 3 aromatic rings. The molecule has 19 heavy (non-hydrogen) atoms. The molecule has 2 nitrogen and oxygen atoms in total. The fraction of sp³-hybridized carbons (Fsp3) is 0.176. The zero-order valence-corrected chi connectivity index (χ0v) is 11.1. The average Bonchev–Trinajstić information content (AvgIpc) is 2.85. The Morgan fingerprint density at radius 3 is 2.53 bits per heavy atom. The Morgan fingerprint density at radius 2 is 1.63 bits per heavy atom. The van der Waals surface area contributed by atoms with Crippen molar-refractivity contribution in [2.45, 2.75) is 20.0 Å². The van der Waals surface area contributed by atoms with E-state index in [4.69, 9.17) is 0 Å². The molecule has 0 fully saturated rings. The van der Waals surface area contributed by atoms with Gasteiger partial charge in [0.15, 0.2) is 0 Å². The molecule has 0 saturated heterocycles. The molecule has 0 spiro atoms. The summed E-state index contributed by atoms with van der Waals surface area (Å²) in [6.45, 7) is 3.95. The standard InChI is InChI=1S/C17H18N2/c1-13-6-2-3-7-14(13)10-18-11-15-12-19-17-9-5-4-8-16(15)17/h2-9,12,18-19H,10-11H2,1H3. The summed E-state index contributed by atoms with van der Waals surface area (Å²) < 4.78 is 0. The van der Waals surface area contributed by atoms with Crippen LogP contribution in [0.15, 0.2) is 54.7 Å². The second-order valence-electron chi connectivity index (χ2n) is 4.89. The van der Waals surface area contributed by atoms with Crippen molar-refractivity contribution in [3.63, 3.8) is 0 Å². The molecule has 0 saturated carbocycles. The molecule has 2 aromatic carbocycles. The monoisotopic (exact) mass is 250 g/mol. The molecule has 1 aromatic heterocycles. The molecule has 1 heterocycles. The maximum absolute atomic E-state index is 3.52. The highest BCUT2D eigenvalue weighted by molar-refractivity contribution is 5.82.